The summed E-state index contributed by atoms with van der Waals surface area (Å²) in [4.78, 5) is 14.3. The molecule has 1 fully saturated rings. The molecule has 2 rings (SSSR count). The first-order chi connectivity index (χ1) is 8.59. The number of hydrogen-bond acceptors (Lipinski definition) is 1. The number of anilines is 1. The molecule has 0 aliphatic carbocycles. The van der Waals surface area contributed by atoms with Gasteiger partial charge in [-0.2, -0.15) is 0 Å². The second-order valence-corrected chi connectivity index (χ2v) is 5.28. The number of rotatable bonds is 1. The molecule has 1 N–H and O–H groups in total. The number of carbonyl (C=O) groups is 1. The van der Waals surface area contributed by atoms with Crippen LogP contribution in [0.2, 0.25) is 0 Å². The molecule has 2 atom stereocenters. The molecule has 1 aliphatic rings. The third kappa shape index (κ3) is 2.66. The summed E-state index contributed by atoms with van der Waals surface area (Å²) in [5.41, 5.74) is 2.01. The highest BCUT2D eigenvalue weighted by Crippen LogP contribution is 2.24. The molecule has 1 saturated heterocycles. The summed E-state index contributed by atoms with van der Waals surface area (Å²) in [6, 6.07) is 8.59. The Morgan fingerprint density at radius 1 is 1.22 bits per heavy atom. The van der Waals surface area contributed by atoms with Crippen molar-refractivity contribution in [1.82, 2.24) is 4.90 Å². The van der Waals surface area contributed by atoms with Gasteiger partial charge in [-0.25, -0.2) is 4.79 Å². The van der Waals surface area contributed by atoms with Gasteiger partial charge in [-0.3, -0.25) is 0 Å². The Kier molecular flexibility index (Phi) is 3.90. The van der Waals surface area contributed by atoms with E-state index in [9.17, 15) is 4.79 Å². The lowest BCUT2D eigenvalue weighted by Crippen LogP contribution is -2.49. The Balaban J connectivity index is 2.09. The minimum absolute atomic E-state index is 0.0315. The zero-order chi connectivity index (χ0) is 13.1. The normalized spacial score (nSPS) is 23.8. The van der Waals surface area contributed by atoms with Crippen LogP contribution in [-0.2, 0) is 0 Å². The fourth-order valence-corrected chi connectivity index (χ4v) is 2.71. The standard InChI is InChI=1S/C15H22N2O/c1-11-7-4-5-10-14(11)16-15(18)17-12(2)8-6-9-13(17)3/h4-5,7,10,12-13H,6,8-9H2,1-3H3,(H,16,18). The number of hydrogen-bond donors (Lipinski definition) is 1. The van der Waals surface area contributed by atoms with E-state index >= 15 is 0 Å². The van der Waals surface area contributed by atoms with Crippen LogP contribution in [0.4, 0.5) is 10.5 Å². The van der Waals surface area contributed by atoms with Crippen LogP contribution < -0.4 is 5.32 Å². The Bertz CT molecular complexity index is 420. The lowest BCUT2D eigenvalue weighted by atomic mass is 9.98. The number of nitrogens with one attached hydrogen (secondary N) is 1. The number of likely N-dealkylation sites (tertiary alicyclic amines) is 1. The summed E-state index contributed by atoms with van der Waals surface area (Å²) in [6.07, 6.45) is 3.42. The number of aryl methyl sites for hydroxylation is 1. The average molecular weight is 246 g/mol. The maximum absolute atomic E-state index is 12.4. The summed E-state index contributed by atoms with van der Waals surface area (Å²) in [6.45, 7) is 6.28. The predicted molar refractivity (Wildman–Crippen MR) is 74.8 cm³/mol. The number of carbonyl (C=O) groups excluding carboxylic acids is 1. The molecule has 0 bridgehead atoms. The molecule has 0 radical (unpaired) electrons. The van der Waals surface area contributed by atoms with Gasteiger partial charge < -0.3 is 10.2 Å². The molecule has 0 spiro atoms. The molecule has 3 nitrogen and oxygen atoms in total. The van der Waals surface area contributed by atoms with E-state index in [4.69, 9.17) is 0 Å². The molecule has 3 heteroatoms. The molecule has 2 amide bonds. The number of para-hydroxylation sites is 1. The van der Waals surface area contributed by atoms with Gasteiger partial charge >= 0.3 is 6.03 Å². The highest BCUT2D eigenvalue weighted by Gasteiger charge is 2.28. The van der Waals surface area contributed by atoms with Gasteiger partial charge in [0.1, 0.15) is 0 Å². The Hall–Kier alpha value is -1.51. The largest absolute Gasteiger partial charge is 0.322 e. The second kappa shape index (κ2) is 5.42. The summed E-state index contributed by atoms with van der Waals surface area (Å²) in [5.74, 6) is 0. The van der Waals surface area contributed by atoms with Gasteiger partial charge in [0.05, 0.1) is 0 Å². The summed E-state index contributed by atoms with van der Waals surface area (Å²) < 4.78 is 0. The van der Waals surface area contributed by atoms with E-state index in [1.807, 2.05) is 36.1 Å². The number of nitrogens with zero attached hydrogens (tertiary/aromatic N) is 1. The molecule has 1 aromatic rings. The van der Waals surface area contributed by atoms with Gasteiger partial charge in [-0.15, -0.1) is 0 Å². The van der Waals surface area contributed by atoms with Crippen molar-refractivity contribution < 1.29 is 4.79 Å². The van der Waals surface area contributed by atoms with E-state index in [2.05, 4.69) is 19.2 Å². The van der Waals surface area contributed by atoms with Gasteiger partial charge in [0.25, 0.3) is 0 Å². The molecular formula is C15H22N2O. The van der Waals surface area contributed by atoms with Crippen LogP contribution in [0.5, 0.6) is 0 Å². The highest BCUT2D eigenvalue weighted by atomic mass is 16.2. The van der Waals surface area contributed by atoms with E-state index in [-0.39, 0.29) is 6.03 Å². The minimum Gasteiger partial charge on any atom is -0.319 e. The van der Waals surface area contributed by atoms with E-state index in [0.29, 0.717) is 12.1 Å². The fraction of sp³-hybridized carbons (Fsp3) is 0.533. The van der Waals surface area contributed by atoms with Crippen molar-refractivity contribution >= 4 is 11.7 Å². The van der Waals surface area contributed by atoms with Crippen LogP contribution in [0.3, 0.4) is 0 Å². The number of piperidine rings is 1. The van der Waals surface area contributed by atoms with Crippen LogP contribution in [-0.4, -0.2) is 23.0 Å². The van der Waals surface area contributed by atoms with Crippen LogP contribution >= 0.6 is 0 Å². The molecule has 0 aromatic heterocycles. The first-order valence-electron chi connectivity index (χ1n) is 6.74. The zero-order valence-corrected chi connectivity index (χ0v) is 11.4. The fourth-order valence-electron chi connectivity index (χ4n) is 2.71. The van der Waals surface area contributed by atoms with Crippen molar-refractivity contribution in [3.05, 3.63) is 29.8 Å². The number of benzene rings is 1. The Morgan fingerprint density at radius 3 is 2.44 bits per heavy atom. The van der Waals surface area contributed by atoms with Crippen LogP contribution in [0.25, 0.3) is 0 Å². The quantitative estimate of drug-likeness (QED) is 0.803. The van der Waals surface area contributed by atoms with Gasteiger partial charge in [-0.1, -0.05) is 18.2 Å². The Labute approximate surface area is 109 Å². The third-order valence-electron chi connectivity index (χ3n) is 3.81. The van der Waals surface area contributed by atoms with Gasteiger partial charge in [-0.05, 0) is 51.7 Å². The highest BCUT2D eigenvalue weighted by molar-refractivity contribution is 5.90. The van der Waals surface area contributed by atoms with E-state index in [0.717, 1.165) is 24.1 Å². The monoisotopic (exact) mass is 246 g/mol. The minimum atomic E-state index is 0.0315. The topological polar surface area (TPSA) is 32.3 Å². The zero-order valence-electron chi connectivity index (χ0n) is 11.4. The number of urea groups is 1. The van der Waals surface area contributed by atoms with Crippen molar-refractivity contribution in [3.63, 3.8) is 0 Å². The van der Waals surface area contributed by atoms with Crippen LogP contribution in [0, 0.1) is 6.92 Å². The smallest absolute Gasteiger partial charge is 0.319 e. The van der Waals surface area contributed by atoms with Crippen LogP contribution in [0.15, 0.2) is 24.3 Å². The molecule has 0 saturated carbocycles. The molecular weight excluding hydrogens is 224 g/mol. The lowest BCUT2D eigenvalue weighted by Gasteiger charge is -2.39. The van der Waals surface area contributed by atoms with Gasteiger partial charge in [0.2, 0.25) is 0 Å². The summed E-state index contributed by atoms with van der Waals surface area (Å²) in [7, 11) is 0. The predicted octanol–water partition coefficient (Wildman–Crippen LogP) is 3.79. The molecule has 18 heavy (non-hydrogen) atoms. The maximum Gasteiger partial charge on any atom is 0.322 e. The van der Waals surface area contributed by atoms with Crippen molar-refractivity contribution in [2.45, 2.75) is 52.1 Å². The Morgan fingerprint density at radius 2 is 1.83 bits per heavy atom. The maximum atomic E-state index is 12.4. The number of amides is 2. The average Bonchev–Trinajstić information content (AvgIpc) is 2.32. The van der Waals surface area contributed by atoms with E-state index in [1.54, 1.807) is 0 Å². The molecule has 98 valence electrons. The summed E-state index contributed by atoms with van der Waals surface area (Å²) >= 11 is 0. The van der Waals surface area contributed by atoms with Crippen molar-refractivity contribution in [1.29, 1.82) is 0 Å². The second-order valence-electron chi connectivity index (χ2n) is 5.28. The molecule has 1 aromatic carbocycles. The first kappa shape index (κ1) is 12.9. The SMILES string of the molecule is Cc1ccccc1NC(=O)N1C(C)CCCC1C. The van der Waals surface area contributed by atoms with Crippen molar-refractivity contribution in [2.75, 3.05) is 5.32 Å². The third-order valence-corrected chi connectivity index (χ3v) is 3.81. The van der Waals surface area contributed by atoms with E-state index in [1.165, 1.54) is 6.42 Å². The van der Waals surface area contributed by atoms with Crippen molar-refractivity contribution in [3.8, 4) is 0 Å². The van der Waals surface area contributed by atoms with Crippen molar-refractivity contribution in [2.24, 2.45) is 0 Å². The van der Waals surface area contributed by atoms with Crippen LogP contribution in [0.1, 0.15) is 38.7 Å². The first-order valence-corrected chi connectivity index (χ1v) is 6.74. The molecule has 1 heterocycles. The lowest BCUT2D eigenvalue weighted by molar-refractivity contribution is 0.133. The van der Waals surface area contributed by atoms with E-state index < -0.39 is 0 Å². The van der Waals surface area contributed by atoms with Gasteiger partial charge in [0, 0.05) is 17.8 Å². The van der Waals surface area contributed by atoms with Gasteiger partial charge in [0.15, 0.2) is 0 Å². The molecule has 1 aliphatic heterocycles. The summed E-state index contributed by atoms with van der Waals surface area (Å²) in [5, 5.41) is 3.03. The molecule has 2 unspecified atom stereocenters.